The molecule has 0 heterocycles. The van der Waals surface area contributed by atoms with Gasteiger partial charge in [0, 0.05) is 0 Å². The van der Waals surface area contributed by atoms with Gasteiger partial charge in [0.05, 0.1) is 26.7 Å². The van der Waals surface area contributed by atoms with Crippen molar-refractivity contribution in [3.05, 3.63) is 0 Å². The Morgan fingerprint density at radius 1 is 0.786 bits per heavy atom. The van der Waals surface area contributed by atoms with E-state index in [0.717, 1.165) is 13.2 Å². The average molecular weight is 202 g/mol. The molecule has 0 aromatic heterocycles. The molecule has 0 saturated heterocycles. The van der Waals surface area contributed by atoms with E-state index in [2.05, 4.69) is 0 Å². The molecule has 0 atom stereocenters. The third kappa shape index (κ3) is 4.37. The van der Waals surface area contributed by atoms with E-state index in [4.69, 9.17) is 20.9 Å². The summed E-state index contributed by atoms with van der Waals surface area (Å²) in [6, 6.07) is 0. The lowest BCUT2D eigenvalue weighted by Crippen LogP contribution is -2.23. The molecular weight excluding hydrogens is 180 g/mol. The predicted octanol–water partition coefficient (Wildman–Crippen LogP) is 0.658. The molecule has 4 nitrogen and oxygen atoms in total. The molecule has 1 aliphatic carbocycles. The summed E-state index contributed by atoms with van der Waals surface area (Å²) in [5, 5.41) is 0. The van der Waals surface area contributed by atoms with Gasteiger partial charge in [-0.25, -0.2) is 0 Å². The SMILES string of the molecule is NCOCC1CCC(COCN)CC1. The minimum atomic E-state index is 0.343. The molecule has 0 amide bonds. The monoisotopic (exact) mass is 202 g/mol. The molecule has 0 bridgehead atoms. The zero-order valence-electron chi connectivity index (χ0n) is 8.78. The number of ether oxygens (including phenoxy) is 2. The van der Waals surface area contributed by atoms with Crippen LogP contribution in [0, 0.1) is 11.8 Å². The summed E-state index contributed by atoms with van der Waals surface area (Å²) in [6.07, 6.45) is 4.94. The minimum absolute atomic E-state index is 0.343. The molecule has 1 fully saturated rings. The first-order valence-corrected chi connectivity index (χ1v) is 5.42. The molecule has 0 aliphatic heterocycles. The standard InChI is InChI=1S/C10H22N2O2/c11-7-13-5-9-1-2-10(4-3-9)6-14-8-12/h9-10H,1-8,11-12H2. The van der Waals surface area contributed by atoms with Crippen LogP contribution in [-0.2, 0) is 9.47 Å². The van der Waals surface area contributed by atoms with E-state index < -0.39 is 0 Å². The van der Waals surface area contributed by atoms with Gasteiger partial charge in [0.1, 0.15) is 0 Å². The molecule has 1 saturated carbocycles. The largest absolute Gasteiger partial charge is 0.366 e. The van der Waals surface area contributed by atoms with Gasteiger partial charge in [-0.1, -0.05) is 0 Å². The van der Waals surface area contributed by atoms with Crippen molar-refractivity contribution in [3.63, 3.8) is 0 Å². The van der Waals surface area contributed by atoms with Gasteiger partial charge in [0.25, 0.3) is 0 Å². The highest BCUT2D eigenvalue weighted by molar-refractivity contribution is 4.72. The van der Waals surface area contributed by atoms with E-state index in [9.17, 15) is 0 Å². The molecule has 0 unspecified atom stereocenters. The summed E-state index contributed by atoms with van der Waals surface area (Å²) in [5.74, 6) is 1.40. The lowest BCUT2D eigenvalue weighted by molar-refractivity contribution is 0.0534. The molecular formula is C10H22N2O2. The van der Waals surface area contributed by atoms with Crippen LogP contribution in [0.15, 0.2) is 0 Å². The molecule has 4 N–H and O–H groups in total. The molecule has 0 radical (unpaired) electrons. The van der Waals surface area contributed by atoms with Gasteiger partial charge < -0.3 is 20.9 Å². The fraction of sp³-hybridized carbons (Fsp3) is 1.00. The fourth-order valence-corrected chi connectivity index (χ4v) is 2.03. The number of nitrogens with two attached hydrogens (primary N) is 2. The van der Waals surface area contributed by atoms with Gasteiger partial charge in [-0.2, -0.15) is 0 Å². The molecule has 1 aliphatic rings. The van der Waals surface area contributed by atoms with Crippen molar-refractivity contribution in [3.8, 4) is 0 Å². The highest BCUT2D eigenvalue weighted by atomic mass is 16.5. The molecule has 1 rings (SSSR count). The van der Waals surface area contributed by atoms with Crippen LogP contribution in [-0.4, -0.2) is 26.7 Å². The fourth-order valence-electron chi connectivity index (χ4n) is 2.03. The van der Waals surface area contributed by atoms with E-state index in [0.29, 0.717) is 25.3 Å². The van der Waals surface area contributed by atoms with Crippen molar-refractivity contribution in [2.24, 2.45) is 23.3 Å². The van der Waals surface area contributed by atoms with Crippen LogP contribution in [0.2, 0.25) is 0 Å². The van der Waals surface area contributed by atoms with E-state index in [1.165, 1.54) is 25.7 Å². The number of hydrogen-bond donors (Lipinski definition) is 2. The topological polar surface area (TPSA) is 70.5 Å². The Bertz CT molecular complexity index is 120. The van der Waals surface area contributed by atoms with Crippen molar-refractivity contribution in [2.45, 2.75) is 25.7 Å². The Labute approximate surface area is 85.9 Å². The van der Waals surface area contributed by atoms with Crippen LogP contribution in [0.25, 0.3) is 0 Å². The maximum atomic E-state index is 5.28. The Morgan fingerprint density at radius 3 is 1.43 bits per heavy atom. The summed E-state index contributed by atoms with van der Waals surface area (Å²) < 4.78 is 10.4. The highest BCUT2D eigenvalue weighted by Gasteiger charge is 2.20. The van der Waals surface area contributed by atoms with Gasteiger partial charge in [-0.05, 0) is 37.5 Å². The Kier molecular flexibility index (Phi) is 6.10. The average Bonchev–Trinajstić information content (AvgIpc) is 2.25. The molecule has 84 valence electrons. The molecule has 0 aromatic rings. The first-order chi connectivity index (χ1) is 6.86. The van der Waals surface area contributed by atoms with Crippen LogP contribution in [0.4, 0.5) is 0 Å². The minimum Gasteiger partial charge on any atom is -0.366 e. The van der Waals surface area contributed by atoms with Crippen LogP contribution in [0.3, 0.4) is 0 Å². The van der Waals surface area contributed by atoms with Crippen molar-refractivity contribution < 1.29 is 9.47 Å². The van der Waals surface area contributed by atoms with Crippen LogP contribution < -0.4 is 11.5 Å². The first kappa shape index (κ1) is 11.9. The summed E-state index contributed by atoms with van der Waals surface area (Å²) in [6.45, 7) is 2.33. The highest BCUT2D eigenvalue weighted by Crippen LogP contribution is 2.28. The van der Waals surface area contributed by atoms with E-state index >= 15 is 0 Å². The zero-order chi connectivity index (χ0) is 10.2. The molecule has 14 heavy (non-hydrogen) atoms. The van der Waals surface area contributed by atoms with Crippen molar-refractivity contribution in [2.75, 3.05) is 26.7 Å². The smallest absolute Gasteiger partial charge is 0.0940 e. The Morgan fingerprint density at radius 2 is 1.14 bits per heavy atom. The quantitative estimate of drug-likeness (QED) is 0.621. The van der Waals surface area contributed by atoms with Crippen molar-refractivity contribution >= 4 is 0 Å². The van der Waals surface area contributed by atoms with Crippen LogP contribution >= 0.6 is 0 Å². The van der Waals surface area contributed by atoms with Gasteiger partial charge in [-0.3, -0.25) is 0 Å². The lowest BCUT2D eigenvalue weighted by Gasteiger charge is -2.27. The van der Waals surface area contributed by atoms with Crippen LogP contribution in [0.5, 0.6) is 0 Å². The zero-order valence-corrected chi connectivity index (χ0v) is 8.78. The van der Waals surface area contributed by atoms with Crippen LogP contribution in [0.1, 0.15) is 25.7 Å². The maximum absolute atomic E-state index is 5.28. The Hall–Kier alpha value is -0.160. The van der Waals surface area contributed by atoms with E-state index in [1.54, 1.807) is 0 Å². The first-order valence-electron chi connectivity index (χ1n) is 5.42. The van der Waals surface area contributed by atoms with E-state index in [1.807, 2.05) is 0 Å². The molecule has 0 aromatic carbocycles. The predicted molar refractivity (Wildman–Crippen MR) is 55.5 cm³/mol. The number of rotatable bonds is 6. The second-order valence-electron chi connectivity index (χ2n) is 3.96. The van der Waals surface area contributed by atoms with Gasteiger partial charge in [0.15, 0.2) is 0 Å². The molecule has 0 spiro atoms. The summed E-state index contributed by atoms with van der Waals surface area (Å²) >= 11 is 0. The van der Waals surface area contributed by atoms with Gasteiger partial charge >= 0.3 is 0 Å². The Balaban J connectivity index is 2.05. The second-order valence-corrected chi connectivity index (χ2v) is 3.96. The van der Waals surface area contributed by atoms with Gasteiger partial charge in [-0.15, -0.1) is 0 Å². The summed E-state index contributed by atoms with van der Waals surface area (Å²) in [4.78, 5) is 0. The normalized spacial score (nSPS) is 27.9. The summed E-state index contributed by atoms with van der Waals surface area (Å²) in [7, 11) is 0. The third-order valence-electron chi connectivity index (χ3n) is 2.91. The number of hydrogen-bond acceptors (Lipinski definition) is 4. The maximum Gasteiger partial charge on any atom is 0.0940 e. The van der Waals surface area contributed by atoms with Crippen molar-refractivity contribution in [1.82, 2.24) is 0 Å². The second kappa shape index (κ2) is 7.17. The summed E-state index contributed by atoms with van der Waals surface area (Å²) in [5.41, 5.74) is 10.6. The third-order valence-corrected chi connectivity index (χ3v) is 2.91. The lowest BCUT2D eigenvalue weighted by atomic mass is 9.83. The van der Waals surface area contributed by atoms with E-state index in [-0.39, 0.29) is 0 Å². The van der Waals surface area contributed by atoms with Crippen molar-refractivity contribution in [1.29, 1.82) is 0 Å². The molecule has 4 heteroatoms. The van der Waals surface area contributed by atoms with Gasteiger partial charge in [0.2, 0.25) is 0 Å².